The summed E-state index contributed by atoms with van der Waals surface area (Å²) in [5.41, 5.74) is 0. The first kappa shape index (κ1) is 13.3. The standard InChI is InChI=1S/C8H14O8/c1-3(10)15-8(14)7(13)6(12)5(11)4(2-9)16-8/h4-7,9,11-14H,2H2,1H3. The fraction of sp³-hybridized carbons (Fsp3) is 0.875. The first-order valence-corrected chi connectivity index (χ1v) is 4.56. The molecule has 8 heteroatoms. The van der Waals surface area contributed by atoms with Gasteiger partial charge in [0.15, 0.2) is 6.10 Å². The normalized spacial score (nSPS) is 44.1. The van der Waals surface area contributed by atoms with Gasteiger partial charge < -0.3 is 35.0 Å². The summed E-state index contributed by atoms with van der Waals surface area (Å²) in [4.78, 5) is 10.7. The van der Waals surface area contributed by atoms with Crippen LogP contribution < -0.4 is 0 Å². The number of ether oxygens (including phenoxy) is 2. The van der Waals surface area contributed by atoms with E-state index >= 15 is 0 Å². The molecule has 0 bridgehead atoms. The summed E-state index contributed by atoms with van der Waals surface area (Å²) in [5.74, 6) is -3.74. The van der Waals surface area contributed by atoms with E-state index in [1.807, 2.05) is 0 Å². The summed E-state index contributed by atoms with van der Waals surface area (Å²) in [5, 5.41) is 46.5. The van der Waals surface area contributed by atoms with E-state index in [4.69, 9.17) is 5.11 Å². The summed E-state index contributed by atoms with van der Waals surface area (Å²) in [6.07, 6.45) is -6.82. The lowest BCUT2D eigenvalue weighted by Crippen LogP contribution is -2.66. The lowest BCUT2D eigenvalue weighted by Gasteiger charge is -2.43. The number of aliphatic hydroxyl groups is 5. The minimum atomic E-state index is -2.78. The van der Waals surface area contributed by atoms with Crippen molar-refractivity contribution in [2.75, 3.05) is 6.61 Å². The average Bonchev–Trinajstić information content (AvgIpc) is 2.20. The van der Waals surface area contributed by atoms with Gasteiger partial charge in [-0.3, -0.25) is 4.79 Å². The van der Waals surface area contributed by atoms with E-state index < -0.39 is 43.0 Å². The zero-order valence-electron chi connectivity index (χ0n) is 8.48. The van der Waals surface area contributed by atoms with E-state index in [1.165, 1.54) is 0 Å². The minimum absolute atomic E-state index is 0.728. The maximum Gasteiger partial charge on any atom is 0.357 e. The van der Waals surface area contributed by atoms with E-state index in [2.05, 4.69) is 9.47 Å². The van der Waals surface area contributed by atoms with Crippen LogP contribution in [0.2, 0.25) is 0 Å². The highest BCUT2D eigenvalue weighted by molar-refractivity contribution is 5.66. The third-order valence-electron chi connectivity index (χ3n) is 2.22. The summed E-state index contributed by atoms with van der Waals surface area (Å²) in [7, 11) is 0. The van der Waals surface area contributed by atoms with Gasteiger partial charge in [-0.05, 0) is 0 Å². The monoisotopic (exact) mass is 238 g/mol. The van der Waals surface area contributed by atoms with Crippen LogP contribution in [0.5, 0.6) is 0 Å². The third-order valence-corrected chi connectivity index (χ3v) is 2.22. The van der Waals surface area contributed by atoms with Crippen molar-refractivity contribution < 1.29 is 39.8 Å². The number of carbonyl (C=O) groups excluding carboxylic acids is 1. The van der Waals surface area contributed by atoms with Crippen LogP contribution in [0.15, 0.2) is 0 Å². The number of hydrogen-bond acceptors (Lipinski definition) is 8. The van der Waals surface area contributed by atoms with Gasteiger partial charge >= 0.3 is 11.9 Å². The maximum atomic E-state index is 10.7. The molecule has 0 aromatic heterocycles. The Morgan fingerprint density at radius 1 is 1.38 bits per heavy atom. The van der Waals surface area contributed by atoms with Crippen molar-refractivity contribution in [2.24, 2.45) is 0 Å². The Morgan fingerprint density at radius 2 is 1.94 bits per heavy atom. The zero-order valence-corrected chi connectivity index (χ0v) is 8.48. The molecule has 5 N–H and O–H groups in total. The summed E-state index contributed by atoms with van der Waals surface area (Å²) < 4.78 is 8.94. The van der Waals surface area contributed by atoms with Gasteiger partial charge in [-0.25, -0.2) is 0 Å². The van der Waals surface area contributed by atoms with Gasteiger partial charge in [-0.15, -0.1) is 0 Å². The molecule has 0 spiro atoms. The first-order valence-electron chi connectivity index (χ1n) is 4.56. The molecule has 1 aliphatic heterocycles. The Hall–Kier alpha value is -0.770. The van der Waals surface area contributed by atoms with Crippen molar-refractivity contribution in [3.8, 4) is 0 Å². The van der Waals surface area contributed by atoms with Crippen LogP contribution in [-0.2, 0) is 14.3 Å². The summed E-state index contributed by atoms with van der Waals surface area (Å²) >= 11 is 0. The Balaban J connectivity index is 2.89. The molecule has 1 rings (SSSR count). The quantitative estimate of drug-likeness (QED) is 0.249. The van der Waals surface area contributed by atoms with Crippen LogP contribution in [0.25, 0.3) is 0 Å². The van der Waals surface area contributed by atoms with Gasteiger partial charge in [-0.1, -0.05) is 0 Å². The highest BCUT2D eigenvalue weighted by Crippen LogP contribution is 2.29. The molecule has 0 aliphatic carbocycles. The van der Waals surface area contributed by atoms with Crippen LogP contribution in [0.1, 0.15) is 6.92 Å². The number of esters is 1. The van der Waals surface area contributed by atoms with Crippen molar-refractivity contribution >= 4 is 5.97 Å². The highest BCUT2D eigenvalue weighted by atomic mass is 16.8. The predicted molar refractivity (Wildman–Crippen MR) is 46.7 cm³/mol. The molecule has 1 heterocycles. The Bertz CT molecular complexity index is 267. The van der Waals surface area contributed by atoms with E-state index in [9.17, 15) is 25.2 Å². The molecule has 1 aliphatic rings. The Morgan fingerprint density at radius 3 is 2.38 bits per heavy atom. The van der Waals surface area contributed by atoms with Gasteiger partial charge in [0.2, 0.25) is 0 Å². The van der Waals surface area contributed by atoms with Crippen LogP contribution >= 0.6 is 0 Å². The van der Waals surface area contributed by atoms with Crippen molar-refractivity contribution in [2.45, 2.75) is 37.3 Å². The Kier molecular flexibility index (Phi) is 3.84. The lowest BCUT2D eigenvalue weighted by molar-refractivity contribution is -0.433. The molecule has 0 radical (unpaired) electrons. The molecule has 5 unspecified atom stereocenters. The van der Waals surface area contributed by atoms with Gasteiger partial charge in [0.25, 0.3) is 0 Å². The molecule has 0 saturated carbocycles. The molecular weight excluding hydrogens is 224 g/mol. The number of aliphatic hydroxyl groups excluding tert-OH is 4. The van der Waals surface area contributed by atoms with Crippen molar-refractivity contribution in [3.63, 3.8) is 0 Å². The van der Waals surface area contributed by atoms with Crippen LogP contribution in [0.4, 0.5) is 0 Å². The molecule has 94 valence electrons. The minimum Gasteiger partial charge on any atom is -0.406 e. The number of carbonyl (C=O) groups is 1. The largest absolute Gasteiger partial charge is 0.406 e. The first-order chi connectivity index (χ1) is 7.31. The van der Waals surface area contributed by atoms with E-state index in [1.54, 1.807) is 0 Å². The van der Waals surface area contributed by atoms with Crippen molar-refractivity contribution in [1.82, 2.24) is 0 Å². The molecule has 16 heavy (non-hydrogen) atoms. The van der Waals surface area contributed by atoms with Gasteiger partial charge in [0.1, 0.15) is 18.3 Å². The SMILES string of the molecule is CC(=O)OC1(O)OC(CO)C(O)C(O)C1O. The maximum absolute atomic E-state index is 10.7. The number of rotatable bonds is 2. The van der Waals surface area contributed by atoms with E-state index in [0.717, 1.165) is 6.92 Å². The summed E-state index contributed by atoms with van der Waals surface area (Å²) in [6.45, 7) is 0.230. The Labute approximate surface area is 90.6 Å². The molecular formula is C8H14O8. The highest BCUT2D eigenvalue weighted by Gasteiger charge is 2.55. The smallest absolute Gasteiger partial charge is 0.357 e. The topological polar surface area (TPSA) is 137 Å². The third kappa shape index (κ3) is 2.32. The van der Waals surface area contributed by atoms with Gasteiger partial charge in [0.05, 0.1) is 6.61 Å². The second-order valence-electron chi connectivity index (χ2n) is 3.49. The van der Waals surface area contributed by atoms with Crippen LogP contribution in [0, 0.1) is 0 Å². The lowest BCUT2D eigenvalue weighted by atomic mass is 9.98. The molecule has 5 atom stereocenters. The summed E-state index contributed by atoms with van der Waals surface area (Å²) in [6, 6.07) is 0. The second kappa shape index (κ2) is 4.62. The van der Waals surface area contributed by atoms with Crippen molar-refractivity contribution in [1.29, 1.82) is 0 Å². The van der Waals surface area contributed by atoms with Crippen molar-refractivity contribution in [3.05, 3.63) is 0 Å². The average molecular weight is 238 g/mol. The van der Waals surface area contributed by atoms with Gasteiger partial charge in [0, 0.05) is 6.92 Å². The molecule has 0 aromatic carbocycles. The molecule has 1 saturated heterocycles. The van der Waals surface area contributed by atoms with E-state index in [0.29, 0.717) is 0 Å². The molecule has 0 amide bonds. The predicted octanol–water partition coefficient (Wildman–Crippen LogP) is -3.33. The van der Waals surface area contributed by atoms with Crippen LogP contribution in [0.3, 0.4) is 0 Å². The fourth-order valence-corrected chi connectivity index (χ4v) is 1.41. The van der Waals surface area contributed by atoms with Gasteiger partial charge in [-0.2, -0.15) is 0 Å². The number of hydrogen-bond donors (Lipinski definition) is 5. The second-order valence-corrected chi connectivity index (χ2v) is 3.49. The molecule has 0 aromatic rings. The fourth-order valence-electron chi connectivity index (χ4n) is 1.41. The molecule has 1 fully saturated rings. The zero-order chi connectivity index (χ0) is 12.5. The molecule has 8 nitrogen and oxygen atoms in total. The van der Waals surface area contributed by atoms with E-state index in [-0.39, 0.29) is 0 Å². The van der Waals surface area contributed by atoms with Crippen LogP contribution in [-0.4, -0.2) is 68.5 Å².